The summed E-state index contributed by atoms with van der Waals surface area (Å²) >= 11 is 6.09. The highest BCUT2D eigenvalue weighted by Crippen LogP contribution is 2.26. The van der Waals surface area contributed by atoms with Crippen molar-refractivity contribution in [3.63, 3.8) is 0 Å². The minimum Gasteiger partial charge on any atom is -0.481 e. The average Bonchev–Trinajstić information content (AvgIpc) is 2.20. The van der Waals surface area contributed by atoms with Gasteiger partial charge in [0.05, 0.1) is 17.1 Å². The van der Waals surface area contributed by atoms with Crippen LogP contribution in [0.2, 0.25) is 5.02 Å². The van der Waals surface area contributed by atoms with Crippen molar-refractivity contribution in [1.82, 2.24) is 0 Å². The van der Waals surface area contributed by atoms with Gasteiger partial charge in [-0.05, 0) is 26.0 Å². The molecule has 0 aliphatic heterocycles. The minimum absolute atomic E-state index is 0.114. The molecule has 0 saturated carbocycles. The van der Waals surface area contributed by atoms with Crippen molar-refractivity contribution in [1.29, 1.82) is 0 Å². The van der Waals surface area contributed by atoms with Gasteiger partial charge in [0.25, 0.3) is 0 Å². The van der Waals surface area contributed by atoms with Gasteiger partial charge in [-0.3, -0.25) is 4.79 Å². The lowest BCUT2D eigenvalue weighted by Crippen LogP contribution is -2.33. The minimum atomic E-state index is -0.794. The molecule has 16 heavy (non-hydrogen) atoms. The summed E-state index contributed by atoms with van der Waals surface area (Å²) in [6.07, 6.45) is 0.114. The monoisotopic (exact) mass is 241 g/mol. The van der Waals surface area contributed by atoms with Gasteiger partial charge in [0.15, 0.2) is 0 Å². The van der Waals surface area contributed by atoms with E-state index in [0.717, 1.165) is 5.69 Å². The normalized spacial score (nSPS) is 10.5. The summed E-state index contributed by atoms with van der Waals surface area (Å²) in [6, 6.07) is 7.70. The van der Waals surface area contributed by atoms with E-state index < -0.39 is 5.97 Å². The predicted octanol–water partition coefficient (Wildman–Crippen LogP) is 3.03. The molecule has 0 spiro atoms. The summed E-state index contributed by atoms with van der Waals surface area (Å²) in [5.74, 6) is -0.794. The molecule has 0 radical (unpaired) electrons. The number of carboxylic acids is 1. The van der Waals surface area contributed by atoms with Crippen molar-refractivity contribution in [3.05, 3.63) is 29.3 Å². The Labute approximate surface area is 101 Å². The van der Waals surface area contributed by atoms with Crippen LogP contribution in [0, 0.1) is 0 Å². The number of anilines is 1. The molecule has 1 aromatic rings. The van der Waals surface area contributed by atoms with Crippen LogP contribution in [0.3, 0.4) is 0 Å². The predicted molar refractivity (Wildman–Crippen MR) is 66.2 cm³/mol. The van der Waals surface area contributed by atoms with Crippen molar-refractivity contribution in [2.75, 3.05) is 11.4 Å². The lowest BCUT2D eigenvalue weighted by molar-refractivity contribution is -0.136. The summed E-state index contributed by atoms with van der Waals surface area (Å²) in [5.41, 5.74) is 0.889. The molecule has 0 aromatic heterocycles. The number of hydrogen-bond acceptors (Lipinski definition) is 2. The molecular formula is C12H16ClNO2. The molecule has 0 amide bonds. The molecule has 0 bridgehead atoms. The van der Waals surface area contributed by atoms with Gasteiger partial charge in [-0.2, -0.15) is 0 Å². The van der Waals surface area contributed by atoms with Gasteiger partial charge in [0.1, 0.15) is 0 Å². The molecule has 1 N–H and O–H groups in total. The number of halogens is 1. The van der Waals surface area contributed by atoms with Crippen LogP contribution in [-0.4, -0.2) is 23.7 Å². The quantitative estimate of drug-likeness (QED) is 0.862. The van der Waals surface area contributed by atoms with Crippen molar-refractivity contribution >= 4 is 23.3 Å². The molecule has 0 saturated heterocycles. The molecule has 0 heterocycles. The molecule has 88 valence electrons. The summed E-state index contributed by atoms with van der Waals surface area (Å²) < 4.78 is 0. The molecule has 0 aliphatic rings. The van der Waals surface area contributed by atoms with Crippen LogP contribution in [-0.2, 0) is 4.79 Å². The summed E-state index contributed by atoms with van der Waals surface area (Å²) in [7, 11) is 0. The molecule has 0 aliphatic carbocycles. The fourth-order valence-electron chi connectivity index (χ4n) is 1.56. The lowest BCUT2D eigenvalue weighted by atomic mass is 10.2. The highest BCUT2D eigenvalue weighted by atomic mass is 35.5. The van der Waals surface area contributed by atoms with E-state index in [1.165, 1.54) is 0 Å². The van der Waals surface area contributed by atoms with Gasteiger partial charge < -0.3 is 10.0 Å². The van der Waals surface area contributed by atoms with Crippen LogP contribution >= 0.6 is 11.6 Å². The zero-order valence-electron chi connectivity index (χ0n) is 9.48. The number of rotatable bonds is 5. The number of benzene rings is 1. The van der Waals surface area contributed by atoms with Crippen LogP contribution in [0.4, 0.5) is 5.69 Å². The van der Waals surface area contributed by atoms with Crippen LogP contribution in [0.25, 0.3) is 0 Å². The molecule has 0 fully saturated rings. The Bertz CT molecular complexity index is 366. The number of aliphatic carboxylic acids is 1. The molecule has 1 rings (SSSR count). The second-order valence-electron chi connectivity index (χ2n) is 3.88. The summed E-state index contributed by atoms with van der Waals surface area (Å²) in [5, 5.41) is 9.35. The first-order valence-electron chi connectivity index (χ1n) is 5.25. The van der Waals surface area contributed by atoms with E-state index in [4.69, 9.17) is 16.7 Å². The Morgan fingerprint density at radius 2 is 2.06 bits per heavy atom. The molecule has 0 unspecified atom stereocenters. The average molecular weight is 242 g/mol. The Morgan fingerprint density at radius 1 is 1.44 bits per heavy atom. The Balaban J connectivity index is 2.85. The highest BCUT2D eigenvalue weighted by molar-refractivity contribution is 6.33. The third kappa shape index (κ3) is 3.42. The first kappa shape index (κ1) is 12.8. The molecule has 0 atom stereocenters. The van der Waals surface area contributed by atoms with Gasteiger partial charge in [-0.1, -0.05) is 23.7 Å². The van der Waals surface area contributed by atoms with Crippen molar-refractivity contribution < 1.29 is 9.90 Å². The summed E-state index contributed by atoms with van der Waals surface area (Å²) in [6.45, 7) is 4.51. The Morgan fingerprint density at radius 3 is 2.56 bits per heavy atom. The first-order valence-corrected chi connectivity index (χ1v) is 5.63. The molecule has 4 heteroatoms. The number of hydrogen-bond donors (Lipinski definition) is 1. The molecular weight excluding hydrogens is 226 g/mol. The van der Waals surface area contributed by atoms with Crippen LogP contribution in [0.5, 0.6) is 0 Å². The fraction of sp³-hybridized carbons (Fsp3) is 0.417. The largest absolute Gasteiger partial charge is 0.481 e. The number of carbonyl (C=O) groups is 1. The number of para-hydroxylation sites is 1. The van der Waals surface area contributed by atoms with E-state index in [9.17, 15) is 4.79 Å². The van der Waals surface area contributed by atoms with Gasteiger partial charge in [0, 0.05) is 12.6 Å². The highest BCUT2D eigenvalue weighted by Gasteiger charge is 2.14. The van der Waals surface area contributed by atoms with E-state index in [2.05, 4.69) is 0 Å². The zero-order chi connectivity index (χ0) is 12.1. The van der Waals surface area contributed by atoms with Crippen LogP contribution < -0.4 is 4.90 Å². The van der Waals surface area contributed by atoms with Crippen LogP contribution in [0.1, 0.15) is 20.3 Å². The zero-order valence-corrected chi connectivity index (χ0v) is 10.2. The second kappa shape index (κ2) is 5.75. The van der Waals surface area contributed by atoms with E-state index in [-0.39, 0.29) is 12.5 Å². The SMILES string of the molecule is CC(C)N(CCC(=O)O)c1ccccc1Cl. The second-order valence-corrected chi connectivity index (χ2v) is 4.29. The standard InChI is InChI=1S/C12H16ClNO2/c1-9(2)14(8-7-12(15)16)11-6-4-3-5-10(11)13/h3-6,9H,7-8H2,1-2H3,(H,15,16). The number of carboxylic acid groups (broad SMARTS) is 1. The summed E-state index contributed by atoms with van der Waals surface area (Å²) in [4.78, 5) is 12.6. The van der Waals surface area contributed by atoms with E-state index in [0.29, 0.717) is 11.6 Å². The third-order valence-corrected chi connectivity index (χ3v) is 2.67. The maximum Gasteiger partial charge on any atom is 0.305 e. The maximum absolute atomic E-state index is 10.6. The topological polar surface area (TPSA) is 40.5 Å². The van der Waals surface area contributed by atoms with Gasteiger partial charge in [0.2, 0.25) is 0 Å². The maximum atomic E-state index is 10.6. The Hall–Kier alpha value is -1.22. The third-order valence-electron chi connectivity index (χ3n) is 2.35. The van der Waals surface area contributed by atoms with E-state index in [1.807, 2.05) is 43.0 Å². The van der Waals surface area contributed by atoms with Gasteiger partial charge in [-0.25, -0.2) is 0 Å². The number of nitrogens with zero attached hydrogens (tertiary/aromatic N) is 1. The molecule has 1 aromatic carbocycles. The lowest BCUT2D eigenvalue weighted by Gasteiger charge is -2.29. The smallest absolute Gasteiger partial charge is 0.305 e. The van der Waals surface area contributed by atoms with E-state index >= 15 is 0 Å². The van der Waals surface area contributed by atoms with Gasteiger partial charge in [-0.15, -0.1) is 0 Å². The fourth-order valence-corrected chi connectivity index (χ4v) is 1.80. The van der Waals surface area contributed by atoms with Crippen molar-refractivity contribution in [3.8, 4) is 0 Å². The van der Waals surface area contributed by atoms with Crippen molar-refractivity contribution in [2.24, 2.45) is 0 Å². The van der Waals surface area contributed by atoms with Gasteiger partial charge >= 0.3 is 5.97 Å². The Kier molecular flexibility index (Phi) is 4.62. The molecule has 3 nitrogen and oxygen atoms in total. The van der Waals surface area contributed by atoms with Crippen molar-refractivity contribution in [2.45, 2.75) is 26.3 Å². The van der Waals surface area contributed by atoms with Crippen LogP contribution in [0.15, 0.2) is 24.3 Å². The first-order chi connectivity index (χ1) is 7.52. The van der Waals surface area contributed by atoms with E-state index in [1.54, 1.807) is 0 Å².